The van der Waals surface area contributed by atoms with Gasteiger partial charge < -0.3 is 10.4 Å². The zero-order valence-corrected chi connectivity index (χ0v) is 10.3. The van der Waals surface area contributed by atoms with Crippen LogP contribution >= 0.6 is 0 Å². The molecule has 0 fully saturated rings. The minimum atomic E-state index is -0.804. The molecule has 1 aromatic carbocycles. The van der Waals surface area contributed by atoms with E-state index in [1.807, 2.05) is 27.7 Å². The van der Waals surface area contributed by atoms with Gasteiger partial charge in [0, 0.05) is 5.69 Å². The molecule has 1 unspecified atom stereocenters. The maximum absolute atomic E-state index is 11.0. The Morgan fingerprint density at radius 3 is 2.19 bits per heavy atom. The zero-order valence-electron chi connectivity index (χ0n) is 10.3. The first-order valence-electron chi connectivity index (χ1n) is 5.53. The summed E-state index contributed by atoms with van der Waals surface area (Å²) in [6, 6.07) is 3.61. The summed E-state index contributed by atoms with van der Waals surface area (Å²) in [4.78, 5) is 11.0. The highest BCUT2D eigenvalue weighted by atomic mass is 16.4. The Morgan fingerprint density at radius 1 is 1.31 bits per heavy atom. The fourth-order valence-corrected chi connectivity index (χ4v) is 1.92. The van der Waals surface area contributed by atoms with Gasteiger partial charge in [-0.25, -0.2) is 4.79 Å². The van der Waals surface area contributed by atoms with Gasteiger partial charge in [0.2, 0.25) is 0 Å². The Hall–Kier alpha value is -1.51. The number of benzene rings is 1. The fourth-order valence-electron chi connectivity index (χ4n) is 1.92. The van der Waals surface area contributed by atoms with Crippen molar-refractivity contribution in [3.63, 3.8) is 0 Å². The highest BCUT2D eigenvalue weighted by molar-refractivity contribution is 5.78. The molecule has 0 spiro atoms. The SMILES string of the molecule is CCC(Nc1c(C)cc(C)cc1C)C(=O)O. The second-order valence-corrected chi connectivity index (χ2v) is 4.22. The van der Waals surface area contributed by atoms with Crippen molar-refractivity contribution >= 4 is 11.7 Å². The van der Waals surface area contributed by atoms with E-state index in [0.717, 1.165) is 16.8 Å². The van der Waals surface area contributed by atoms with E-state index in [-0.39, 0.29) is 0 Å². The van der Waals surface area contributed by atoms with Gasteiger partial charge in [-0.05, 0) is 38.3 Å². The lowest BCUT2D eigenvalue weighted by molar-refractivity contribution is -0.137. The van der Waals surface area contributed by atoms with Gasteiger partial charge >= 0.3 is 5.97 Å². The predicted octanol–water partition coefficient (Wildman–Crippen LogP) is 2.89. The van der Waals surface area contributed by atoms with Gasteiger partial charge in [-0.3, -0.25) is 0 Å². The summed E-state index contributed by atoms with van der Waals surface area (Å²) in [6.45, 7) is 7.90. The first-order valence-corrected chi connectivity index (χ1v) is 5.53. The Balaban J connectivity index is 3.01. The first-order chi connectivity index (χ1) is 7.45. The number of carboxylic acids is 1. The molecule has 1 atom stereocenters. The Kier molecular flexibility index (Phi) is 3.93. The third-order valence-corrected chi connectivity index (χ3v) is 2.70. The predicted molar refractivity (Wildman–Crippen MR) is 66.0 cm³/mol. The maximum atomic E-state index is 11.0. The molecule has 0 aliphatic carbocycles. The molecule has 0 saturated heterocycles. The van der Waals surface area contributed by atoms with E-state index in [0.29, 0.717) is 6.42 Å². The number of rotatable bonds is 4. The van der Waals surface area contributed by atoms with Gasteiger partial charge in [-0.2, -0.15) is 0 Å². The van der Waals surface area contributed by atoms with Crippen LogP contribution in [0.3, 0.4) is 0 Å². The van der Waals surface area contributed by atoms with Crippen LogP contribution in [0.15, 0.2) is 12.1 Å². The molecule has 0 aliphatic heterocycles. The second kappa shape index (κ2) is 5.01. The topological polar surface area (TPSA) is 49.3 Å². The van der Waals surface area contributed by atoms with Crippen LogP contribution < -0.4 is 5.32 Å². The van der Waals surface area contributed by atoms with Crippen LogP contribution in [0.2, 0.25) is 0 Å². The Labute approximate surface area is 96.5 Å². The summed E-state index contributed by atoms with van der Waals surface area (Å²) in [7, 11) is 0. The molecule has 0 saturated carbocycles. The highest BCUT2D eigenvalue weighted by Gasteiger charge is 2.16. The van der Waals surface area contributed by atoms with Gasteiger partial charge in [0.25, 0.3) is 0 Å². The standard InChI is InChI=1S/C13H19NO2/c1-5-11(13(15)16)14-12-9(3)6-8(2)7-10(12)4/h6-7,11,14H,5H2,1-4H3,(H,15,16). The van der Waals surface area contributed by atoms with Crippen LogP contribution in [-0.4, -0.2) is 17.1 Å². The summed E-state index contributed by atoms with van der Waals surface area (Å²) >= 11 is 0. The van der Waals surface area contributed by atoms with E-state index in [2.05, 4.69) is 17.4 Å². The molecule has 0 bridgehead atoms. The average Bonchev–Trinajstić information content (AvgIpc) is 2.15. The highest BCUT2D eigenvalue weighted by Crippen LogP contribution is 2.23. The molecule has 0 aromatic heterocycles. The van der Waals surface area contributed by atoms with Crippen LogP contribution in [0.5, 0.6) is 0 Å². The van der Waals surface area contributed by atoms with Gasteiger partial charge in [0.05, 0.1) is 0 Å². The summed E-state index contributed by atoms with van der Waals surface area (Å²) in [6.07, 6.45) is 0.572. The molecule has 16 heavy (non-hydrogen) atoms. The van der Waals surface area contributed by atoms with E-state index in [4.69, 9.17) is 5.11 Å². The number of nitrogens with one attached hydrogen (secondary N) is 1. The largest absolute Gasteiger partial charge is 0.480 e. The monoisotopic (exact) mass is 221 g/mol. The molecule has 3 heteroatoms. The van der Waals surface area contributed by atoms with E-state index >= 15 is 0 Å². The van der Waals surface area contributed by atoms with Crippen molar-refractivity contribution < 1.29 is 9.90 Å². The van der Waals surface area contributed by atoms with Crippen molar-refractivity contribution in [1.29, 1.82) is 0 Å². The van der Waals surface area contributed by atoms with Crippen LogP contribution in [0.4, 0.5) is 5.69 Å². The minimum Gasteiger partial charge on any atom is -0.480 e. The average molecular weight is 221 g/mol. The van der Waals surface area contributed by atoms with Crippen molar-refractivity contribution in [3.05, 3.63) is 28.8 Å². The van der Waals surface area contributed by atoms with E-state index < -0.39 is 12.0 Å². The molecule has 1 aromatic rings. The molecule has 0 radical (unpaired) electrons. The lowest BCUT2D eigenvalue weighted by Gasteiger charge is -2.18. The smallest absolute Gasteiger partial charge is 0.326 e. The van der Waals surface area contributed by atoms with Crippen LogP contribution in [-0.2, 0) is 4.79 Å². The van der Waals surface area contributed by atoms with Crippen LogP contribution in [0, 0.1) is 20.8 Å². The lowest BCUT2D eigenvalue weighted by Crippen LogP contribution is -2.29. The van der Waals surface area contributed by atoms with E-state index in [1.54, 1.807) is 0 Å². The third-order valence-electron chi connectivity index (χ3n) is 2.70. The minimum absolute atomic E-state index is 0.514. The normalized spacial score (nSPS) is 12.2. The summed E-state index contributed by atoms with van der Waals surface area (Å²) in [5.41, 5.74) is 4.33. The maximum Gasteiger partial charge on any atom is 0.326 e. The zero-order chi connectivity index (χ0) is 12.3. The summed E-state index contributed by atoms with van der Waals surface area (Å²) in [5.74, 6) is -0.804. The van der Waals surface area contributed by atoms with Gasteiger partial charge in [-0.15, -0.1) is 0 Å². The quantitative estimate of drug-likeness (QED) is 0.822. The number of aryl methyl sites for hydroxylation is 3. The Bertz CT molecular complexity index is 376. The van der Waals surface area contributed by atoms with Crippen molar-refractivity contribution in [1.82, 2.24) is 0 Å². The van der Waals surface area contributed by atoms with Gasteiger partial charge in [0.1, 0.15) is 6.04 Å². The fraction of sp³-hybridized carbons (Fsp3) is 0.462. The first kappa shape index (κ1) is 12.6. The molecular weight excluding hydrogens is 202 g/mol. The van der Waals surface area contributed by atoms with E-state index in [1.165, 1.54) is 5.56 Å². The second-order valence-electron chi connectivity index (χ2n) is 4.22. The van der Waals surface area contributed by atoms with E-state index in [9.17, 15) is 4.79 Å². The summed E-state index contributed by atoms with van der Waals surface area (Å²) in [5, 5.41) is 12.1. The number of hydrogen-bond donors (Lipinski definition) is 2. The number of anilines is 1. The Morgan fingerprint density at radius 2 is 1.81 bits per heavy atom. The van der Waals surface area contributed by atoms with Crippen molar-refractivity contribution in [2.75, 3.05) is 5.32 Å². The number of carboxylic acid groups (broad SMARTS) is 1. The third kappa shape index (κ3) is 2.75. The molecule has 3 nitrogen and oxygen atoms in total. The molecule has 0 aliphatic rings. The van der Waals surface area contributed by atoms with Gasteiger partial charge in [0.15, 0.2) is 0 Å². The van der Waals surface area contributed by atoms with Gasteiger partial charge in [-0.1, -0.05) is 24.6 Å². The van der Waals surface area contributed by atoms with Crippen molar-refractivity contribution in [3.8, 4) is 0 Å². The number of aliphatic carboxylic acids is 1. The molecule has 0 amide bonds. The lowest BCUT2D eigenvalue weighted by atomic mass is 10.0. The van der Waals surface area contributed by atoms with Crippen molar-refractivity contribution in [2.24, 2.45) is 0 Å². The number of hydrogen-bond acceptors (Lipinski definition) is 2. The summed E-state index contributed by atoms with van der Waals surface area (Å²) < 4.78 is 0. The van der Waals surface area contributed by atoms with Crippen LogP contribution in [0.25, 0.3) is 0 Å². The number of carbonyl (C=O) groups is 1. The molecule has 0 heterocycles. The molecule has 88 valence electrons. The molecular formula is C13H19NO2. The molecule has 2 N–H and O–H groups in total. The van der Waals surface area contributed by atoms with Crippen molar-refractivity contribution in [2.45, 2.75) is 40.2 Å². The molecule has 1 rings (SSSR count). The van der Waals surface area contributed by atoms with Crippen LogP contribution in [0.1, 0.15) is 30.0 Å².